The fourth-order valence-electron chi connectivity index (χ4n) is 2.79. The molecule has 6 nitrogen and oxygen atoms in total. The number of amidine groups is 1. The van der Waals surface area contributed by atoms with Crippen molar-refractivity contribution in [1.82, 2.24) is 9.88 Å². The Balaban J connectivity index is 2.30. The van der Waals surface area contributed by atoms with Gasteiger partial charge in [-0.1, -0.05) is 11.6 Å². The minimum Gasteiger partial charge on any atom is -0.373 e. The first kappa shape index (κ1) is 15.2. The molecule has 0 unspecified atom stereocenters. The zero-order chi connectivity index (χ0) is 15.9. The summed E-state index contributed by atoms with van der Waals surface area (Å²) in [4.78, 5) is 4.65. The van der Waals surface area contributed by atoms with E-state index in [9.17, 15) is 8.42 Å². The number of anilines is 1. The summed E-state index contributed by atoms with van der Waals surface area (Å²) in [6.07, 6.45) is 1.21. The van der Waals surface area contributed by atoms with Gasteiger partial charge in [-0.3, -0.25) is 4.99 Å². The average Bonchev–Trinajstić information content (AvgIpc) is 3.04. The van der Waals surface area contributed by atoms with Crippen molar-refractivity contribution in [3.05, 3.63) is 23.2 Å². The molecule has 118 valence electrons. The molecule has 1 aromatic heterocycles. The van der Waals surface area contributed by atoms with Crippen LogP contribution in [0.3, 0.4) is 0 Å². The molecule has 8 heteroatoms. The van der Waals surface area contributed by atoms with Gasteiger partial charge in [-0.2, -0.15) is 0 Å². The summed E-state index contributed by atoms with van der Waals surface area (Å²) >= 11 is 6.06. The van der Waals surface area contributed by atoms with Crippen molar-refractivity contribution in [2.75, 3.05) is 31.7 Å². The Labute approximate surface area is 134 Å². The third-order valence-electron chi connectivity index (χ3n) is 3.64. The van der Waals surface area contributed by atoms with E-state index in [1.165, 1.54) is 6.26 Å². The molecular weight excluding hydrogens is 324 g/mol. The molecule has 2 heterocycles. The van der Waals surface area contributed by atoms with Gasteiger partial charge in [0.1, 0.15) is 16.5 Å². The Morgan fingerprint density at radius 3 is 2.82 bits per heavy atom. The number of hydrogen-bond acceptors (Lipinski definition) is 5. The highest BCUT2D eigenvalue weighted by molar-refractivity contribution is 7.91. The second kappa shape index (κ2) is 5.48. The lowest BCUT2D eigenvalue weighted by Gasteiger charge is -2.11. The maximum Gasteiger partial charge on any atom is 0.179 e. The van der Waals surface area contributed by atoms with Crippen LogP contribution in [0.2, 0.25) is 5.02 Å². The van der Waals surface area contributed by atoms with Crippen LogP contribution in [0.5, 0.6) is 0 Å². The summed E-state index contributed by atoms with van der Waals surface area (Å²) in [5.41, 5.74) is 0.811. The molecule has 0 amide bonds. The average molecular weight is 341 g/mol. The van der Waals surface area contributed by atoms with Crippen LogP contribution < -0.4 is 10.6 Å². The number of rotatable bonds is 4. The predicted octanol–water partition coefficient (Wildman–Crippen LogP) is 1.74. The lowest BCUT2D eigenvalue weighted by Crippen LogP contribution is -2.24. The number of fused-ring (bicyclic) bond motifs is 1. The van der Waals surface area contributed by atoms with Gasteiger partial charge in [-0.25, -0.2) is 8.42 Å². The maximum absolute atomic E-state index is 12.2. The molecule has 0 radical (unpaired) electrons. The second-order valence-electron chi connectivity index (χ2n) is 5.20. The number of hydrogen-bond donors (Lipinski definition) is 2. The largest absolute Gasteiger partial charge is 0.373 e. The van der Waals surface area contributed by atoms with Gasteiger partial charge in [-0.05, 0) is 18.2 Å². The van der Waals surface area contributed by atoms with Gasteiger partial charge >= 0.3 is 0 Å². The smallest absolute Gasteiger partial charge is 0.179 e. The molecule has 0 atom stereocenters. The molecule has 0 saturated heterocycles. The summed E-state index contributed by atoms with van der Waals surface area (Å²) < 4.78 is 26.4. The van der Waals surface area contributed by atoms with Gasteiger partial charge in [0.25, 0.3) is 0 Å². The Morgan fingerprint density at radius 1 is 1.45 bits per heavy atom. The van der Waals surface area contributed by atoms with Crippen LogP contribution in [0, 0.1) is 0 Å². The fraction of sp³-hybridized carbons (Fsp3) is 0.357. The number of sulfone groups is 1. The topological polar surface area (TPSA) is 75.5 Å². The molecule has 0 saturated carbocycles. The van der Waals surface area contributed by atoms with Gasteiger partial charge in [-0.15, -0.1) is 0 Å². The molecule has 0 aliphatic carbocycles. The highest BCUT2D eigenvalue weighted by atomic mass is 35.5. The van der Waals surface area contributed by atoms with E-state index in [1.807, 2.05) is 10.6 Å². The van der Waals surface area contributed by atoms with E-state index in [1.54, 1.807) is 19.2 Å². The Hall–Kier alpha value is -1.73. The van der Waals surface area contributed by atoms with Crippen molar-refractivity contribution >= 4 is 44.0 Å². The van der Waals surface area contributed by atoms with Crippen molar-refractivity contribution in [3.63, 3.8) is 0 Å². The first-order chi connectivity index (χ1) is 10.4. The first-order valence-corrected chi connectivity index (χ1v) is 9.15. The molecule has 0 bridgehead atoms. The normalized spacial score (nSPS) is 15.0. The molecule has 1 aliphatic heterocycles. The van der Waals surface area contributed by atoms with Crippen LogP contribution in [0.4, 0.5) is 5.82 Å². The molecule has 3 rings (SSSR count). The third kappa shape index (κ3) is 2.55. The summed E-state index contributed by atoms with van der Waals surface area (Å²) in [6, 6.07) is 5.28. The SMILES string of the molecule is CNc1c(S(C)(=O)=O)c2cc(Cl)ccc2n1CC1=NCCN1. The third-order valence-corrected chi connectivity index (χ3v) is 5.03. The molecule has 1 aliphatic rings. The number of aromatic nitrogens is 1. The van der Waals surface area contributed by atoms with E-state index >= 15 is 0 Å². The minimum atomic E-state index is -3.40. The van der Waals surface area contributed by atoms with Gasteiger partial charge in [0.05, 0.1) is 18.6 Å². The molecule has 2 N–H and O–H groups in total. The Bertz CT molecular complexity index is 871. The fourth-order valence-corrected chi connectivity index (χ4v) is 4.09. The monoisotopic (exact) mass is 340 g/mol. The van der Waals surface area contributed by atoms with Crippen molar-refractivity contribution in [3.8, 4) is 0 Å². The van der Waals surface area contributed by atoms with Crippen LogP contribution in [-0.4, -0.2) is 45.2 Å². The highest BCUT2D eigenvalue weighted by Crippen LogP contribution is 2.35. The van der Waals surface area contributed by atoms with E-state index in [2.05, 4.69) is 15.6 Å². The predicted molar refractivity (Wildman–Crippen MR) is 89.9 cm³/mol. The molecule has 1 aromatic carbocycles. The van der Waals surface area contributed by atoms with E-state index in [0.717, 1.165) is 24.4 Å². The first-order valence-electron chi connectivity index (χ1n) is 6.88. The number of halogens is 1. The standard InChI is InChI=1S/C14H17ClN4O2S/c1-16-14-13(22(2,20)21)10-7-9(15)3-4-11(10)19(14)8-12-17-5-6-18-12/h3-4,7,16H,5-6,8H2,1-2H3,(H,17,18). The lowest BCUT2D eigenvalue weighted by atomic mass is 10.2. The van der Waals surface area contributed by atoms with Crippen LogP contribution >= 0.6 is 11.6 Å². The highest BCUT2D eigenvalue weighted by Gasteiger charge is 2.24. The second-order valence-corrected chi connectivity index (χ2v) is 7.59. The number of nitrogens with one attached hydrogen (secondary N) is 2. The molecular formula is C14H17ClN4O2S. The molecule has 22 heavy (non-hydrogen) atoms. The van der Waals surface area contributed by atoms with Crippen molar-refractivity contribution in [2.24, 2.45) is 4.99 Å². The minimum absolute atomic E-state index is 0.270. The Morgan fingerprint density at radius 2 is 2.23 bits per heavy atom. The van der Waals surface area contributed by atoms with Crippen LogP contribution in [0.1, 0.15) is 0 Å². The summed E-state index contributed by atoms with van der Waals surface area (Å²) in [6.45, 7) is 2.05. The molecule has 0 fully saturated rings. The van der Waals surface area contributed by atoms with Crippen LogP contribution in [-0.2, 0) is 16.4 Å². The van der Waals surface area contributed by atoms with Gasteiger partial charge in [0.2, 0.25) is 0 Å². The van der Waals surface area contributed by atoms with Crippen LogP contribution in [0.15, 0.2) is 28.1 Å². The molecule has 0 spiro atoms. The zero-order valence-electron chi connectivity index (χ0n) is 12.4. The van der Waals surface area contributed by atoms with Crippen molar-refractivity contribution < 1.29 is 8.42 Å². The summed E-state index contributed by atoms with van der Waals surface area (Å²) in [5.74, 6) is 1.40. The maximum atomic E-state index is 12.2. The van der Waals surface area contributed by atoms with Gasteiger partial charge < -0.3 is 15.2 Å². The van der Waals surface area contributed by atoms with E-state index in [4.69, 9.17) is 11.6 Å². The summed E-state index contributed by atoms with van der Waals surface area (Å²) in [7, 11) is -1.69. The number of nitrogens with zero attached hydrogens (tertiary/aromatic N) is 2. The van der Waals surface area contributed by atoms with Crippen LogP contribution in [0.25, 0.3) is 10.9 Å². The van der Waals surface area contributed by atoms with E-state index < -0.39 is 9.84 Å². The van der Waals surface area contributed by atoms with E-state index in [0.29, 0.717) is 22.8 Å². The van der Waals surface area contributed by atoms with Gasteiger partial charge in [0, 0.05) is 30.3 Å². The lowest BCUT2D eigenvalue weighted by molar-refractivity contribution is 0.602. The van der Waals surface area contributed by atoms with Gasteiger partial charge in [0.15, 0.2) is 9.84 Å². The van der Waals surface area contributed by atoms with Crippen molar-refractivity contribution in [2.45, 2.75) is 11.4 Å². The Kier molecular flexibility index (Phi) is 3.78. The van der Waals surface area contributed by atoms with E-state index in [-0.39, 0.29) is 4.90 Å². The number of benzene rings is 1. The quantitative estimate of drug-likeness (QED) is 0.889. The number of aliphatic imine (C=N–C) groups is 1. The zero-order valence-corrected chi connectivity index (χ0v) is 13.9. The molecule has 2 aromatic rings. The van der Waals surface area contributed by atoms with Crippen molar-refractivity contribution in [1.29, 1.82) is 0 Å². The summed E-state index contributed by atoms with van der Waals surface area (Å²) in [5, 5.41) is 7.35.